The number of rotatable bonds is 11. The van der Waals surface area contributed by atoms with Crippen molar-refractivity contribution in [2.75, 3.05) is 30.9 Å². The van der Waals surface area contributed by atoms with E-state index in [1.54, 1.807) is 6.07 Å². The summed E-state index contributed by atoms with van der Waals surface area (Å²) in [5, 5.41) is 3.10. The molecule has 3 rings (SSSR count). The second-order valence-electron chi connectivity index (χ2n) is 6.42. The molecule has 0 saturated heterocycles. The second-order valence-corrected chi connectivity index (χ2v) is 7.47. The third kappa shape index (κ3) is 7.06. The van der Waals surface area contributed by atoms with E-state index in [0.717, 1.165) is 11.3 Å². The number of benzene rings is 2. The van der Waals surface area contributed by atoms with E-state index >= 15 is 0 Å². The molecule has 0 aliphatic carbocycles. The molecule has 2 aromatic carbocycles. The van der Waals surface area contributed by atoms with E-state index in [1.165, 1.54) is 18.5 Å². The van der Waals surface area contributed by atoms with Crippen molar-refractivity contribution in [1.82, 2.24) is 15.0 Å². The minimum absolute atomic E-state index is 0.163. The minimum Gasteiger partial charge on any atom is -0.490 e. The first-order chi connectivity index (χ1) is 15.0. The first kappa shape index (κ1) is 22.7. The van der Waals surface area contributed by atoms with E-state index in [2.05, 4.69) is 20.3 Å². The molecule has 0 bridgehead atoms. The normalized spacial score (nSPS) is 11.8. The highest BCUT2D eigenvalue weighted by atomic mass is 32.2. The van der Waals surface area contributed by atoms with Gasteiger partial charge >= 0.3 is 0 Å². The molecule has 1 heterocycles. The van der Waals surface area contributed by atoms with E-state index in [9.17, 15) is 8.60 Å². The maximum Gasteiger partial charge on any atom is 0.230 e. The summed E-state index contributed by atoms with van der Waals surface area (Å²) < 4.78 is 44.5. The summed E-state index contributed by atoms with van der Waals surface area (Å²) in [6.45, 7) is 3.11. The highest BCUT2D eigenvalue weighted by Gasteiger charge is 2.12. The van der Waals surface area contributed by atoms with Gasteiger partial charge in [0.15, 0.2) is 16.9 Å². The molecule has 3 aromatic rings. The van der Waals surface area contributed by atoms with Gasteiger partial charge in [0.25, 0.3) is 0 Å². The summed E-state index contributed by atoms with van der Waals surface area (Å²) in [7, 11) is 0. The van der Waals surface area contributed by atoms with Crippen molar-refractivity contribution in [2.24, 2.45) is 0 Å². The Kier molecular flexibility index (Phi) is 8.39. The van der Waals surface area contributed by atoms with Gasteiger partial charge in [0.2, 0.25) is 5.95 Å². The van der Waals surface area contributed by atoms with Crippen LogP contribution in [0.5, 0.6) is 5.75 Å². The summed E-state index contributed by atoms with van der Waals surface area (Å²) in [4.78, 5) is 12.8. The zero-order valence-electron chi connectivity index (χ0n) is 17.0. The molecule has 1 atom stereocenters. The van der Waals surface area contributed by atoms with Crippen LogP contribution in [0.3, 0.4) is 0 Å². The van der Waals surface area contributed by atoms with Crippen LogP contribution in [0.25, 0.3) is 11.4 Å². The lowest BCUT2D eigenvalue weighted by Crippen LogP contribution is -2.08. The molecule has 2 N–H and O–H groups in total. The van der Waals surface area contributed by atoms with Gasteiger partial charge in [-0.15, -0.1) is 0 Å². The molecule has 0 radical (unpaired) electrons. The second kappa shape index (κ2) is 11.4. The molecule has 0 fully saturated rings. The fourth-order valence-corrected chi connectivity index (χ4v) is 3.19. The van der Waals surface area contributed by atoms with Crippen molar-refractivity contribution in [3.05, 3.63) is 60.2 Å². The van der Waals surface area contributed by atoms with Crippen LogP contribution in [-0.2, 0) is 22.2 Å². The smallest absolute Gasteiger partial charge is 0.230 e. The Morgan fingerprint density at radius 2 is 2.03 bits per heavy atom. The molecule has 1 aromatic heterocycles. The first-order valence-electron chi connectivity index (χ1n) is 9.68. The average Bonchev–Trinajstić information content (AvgIpc) is 2.76. The third-order valence-electron chi connectivity index (χ3n) is 4.19. The predicted molar refractivity (Wildman–Crippen MR) is 116 cm³/mol. The van der Waals surface area contributed by atoms with Gasteiger partial charge in [-0.3, -0.25) is 0 Å². The molecule has 0 spiro atoms. The van der Waals surface area contributed by atoms with Crippen LogP contribution >= 0.6 is 0 Å². The molecule has 164 valence electrons. The maximum absolute atomic E-state index is 13.7. The maximum atomic E-state index is 13.7. The Morgan fingerprint density at radius 3 is 2.84 bits per heavy atom. The van der Waals surface area contributed by atoms with Crippen LogP contribution in [0.1, 0.15) is 12.5 Å². The van der Waals surface area contributed by atoms with Gasteiger partial charge in [0.1, 0.15) is 24.5 Å². The number of halogens is 1. The van der Waals surface area contributed by atoms with Crippen LogP contribution in [0.2, 0.25) is 0 Å². The average molecular weight is 447 g/mol. The highest BCUT2D eigenvalue weighted by molar-refractivity contribution is 7.79. The number of hydrogen-bond acceptors (Lipinski definition) is 7. The zero-order valence-corrected chi connectivity index (χ0v) is 17.8. The molecular formula is C21H23FN4O4S. The van der Waals surface area contributed by atoms with Crippen LogP contribution in [0, 0.1) is 5.82 Å². The third-order valence-corrected chi connectivity index (χ3v) is 4.75. The van der Waals surface area contributed by atoms with Gasteiger partial charge in [0.05, 0.1) is 17.9 Å². The van der Waals surface area contributed by atoms with E-state index in [4.69, 9.17) is 14.0 Å². The number of nitrogens with zero attached hydrogens (tertiary/aromatic N) is 3. The topological polar surface area (TPSA) is 106 Å². The van der Waals surface area contributed by atoms with E-state index in [0.29, 0.717) is 42.7 Å². The highest BCUT2D eigenvalue weighted by Crippen LogP contribution is 2.29. The molecular weight excluding hydrogens is 423 g/mol. The Balaban J connectivity index is 1.78. The lowest BCUT2D eigenvalue weighted by atomic mass is 10.1. The summed E-state index contributed by atoms with van der Waals surface area (Å²) >= 11 is -1.84. The van der Waals surface area contributed by atoms with Crippen molar-refractivity contribution in [3.63, 3.8) is 0 Å². The Morgan fingerprint density at radius 1 is 1.16 bits per heavy atom. The summed E-state index contributed by atoms with van der Waals surface area (Å²) in [6, 6.07) is 11.6. The molecule has 8 nitrogen and oxygen atoms in total. The largest absolute Gasteiger partial charge is 0.490 e. The van der Waals surface area contributed by atoms with Crippen molar-refractivity contribution < 1.29 is 22.6 Å². The number of aromatic nitrogens is 3. The Bertz CT molecular complexity index is 1040. The van der Waals surface area contributed by atoms with Gasteiger partial charge in [-0.05, 0) is 43.2 Å². The summed E-state index contributed by atoms with van der Waals surface area (Å²) in [6.07, 6.45) is 1.83. The summed E-state index contributed by atoms with van der Waals surface area (Å²) in [5.41, 5.74) is 2.17. The minimum atomic E-state index is -1.84. The summed E-state index contributed by atoms with van der Waals surface area (Å²) in [5.74, 6) is 0.683. The monoisotopic (exact) mass is 446 g/mol. The van der Waals surface area contributed by atoms with E-state index in [1.807, 2.05) is 31.2 Å². The number of nitrogens with one attached hydrogen (secondary N) is 1. The fourth-order valence-electron chi connectivity index (χ4n) is 2.78. The molecule has 31 heavy (non-hydrogen) atoms. The van der Waals surface area contributed by atoms with E-state index < -0.39 is 16.9 Å². The van der Waals surface area contributed by atoms with Gasteiger partial charge < -0.3 is 19.3 Å². The fraction of sp³-hybridized carbons (Fsp3) is 0.286. The molecule has 0 amide bonds. The van der Waals surface area contributed by atoms with Crippen molar-refractivity contribution in [1.29, 1.82) is 0 Å². The first-order valence-corrected chi connectivity index (χ1v) is 11.0. The van der Waals surface area contributed by atoms with Crippen molar-refractivity contribution in [3.8, 4) is 17.1 Å². The molecule has 10 heteroatoms. The van der Waals surface area contributed by atoms with Crippen LogP contribution in [0.4, 0.5) is 16.0 Å². The number of aryl methyl sites for hydroxylation is 1. The molecule has 1 unspecified atom stereocenters. The number of anilines is 2. The van der Waals surface area contributed by atoms with Crippen molar-refractivity contribution in [2.45, 2.75) is 13.3 Å². The van der Waals surface area contributed by atoms with Crippen LogP contribution < -0.4 is 10.1 Å². The van der Waals surface area contributed by atoms with Gasteiger partial charge in [-0.2, -0.15) is 4.98 Å². The Labute approximate surface area is 182 Å². The van der Waals surface area contributed by atoms with Crippen LogP contribution in [-0.4, -0.2) is 49.3 Å². The quantitative estimate of drug-likeness (QED) is 0.340. The van der Waals surface area contributed by atoms with E-state index in [-0.39, 0.29) is 12.4 Å². The predicted octanol–water partition coefficient (Wildman–Crippen LogP) is 3.60. The SMILES string of the molecule is CCOCCOc1cc(F)ccc1-c1ncnc(Nc2cccc(CCS(=O)O)c2)n1. The van der Waals surface area contributed by atoms with Crippen molar-refractivity contribution >= 4 is 22.7 Å². The Hall–Kier alpha value is -2.95. The standard InChI is InChI=1S/C21H23FN4O4S/c1-2-29-9-10-30-19-13-16(22)6-7-18(19)20-23-14-24-21(26-20)25-17-5-3-4-15(12-17)8-11-31(27)28/h3-7,12-14H,2,8-11H2,1H3,(H,27,28)(H,23,24,25,26). The molecule has 0 aliphatic rings. The lowest BCUT2D eigenvalue weighted by Gasteiger charge is -2.12. The number of hydrogen-bond donors (Lipinski definition) is 2. The molecule has 0 aliphatic heterocycles. The zero-order chi connectivity index (χ0) is 22.1. The number of ether oxygens (including phenoxy) is 2. The van der Waals surface area contributed by atoms with Gasteiger partial charge in [0, 0.05) is 18.4 Å². The molecule has 0 saturated carbocycles. The lowest BCUT2D eigenvalue weighted by molar-refractivity contribution is 0.110. The van der Waals surface area contributed by atoms with Gasteiger partial charge in [-0.1, -0.05) is 12.1 Å². The van der Waals surface area contributed by atoms with Crippen LogP contribution in [0.15, 0.2) is 48.8 Å². The van der Waals surface area contributed by atoms with Gasteiger partial charge in [-0.25, -0.2) is 18.6 Å².